The van der Waals surface area contributed by atoms with Gasteiger partial charge in [0.2, 0.25) is 5.91 Å². The highest BCUT2D eigenvalue weighted by Gasteiger charge is 2.09. The van der Waals surface area contributed by atoms with Gasteiger partial charge in [0.15, 0.2) is 0 Å². The van der Waals surface area contributed by atoms with E-state index < -0.39 is 0 Å². The van der Waals surface area contributed by atoms with Gasteiger partial charge in [0, 0.05) is 78.1 Å². The first-order valence-corrected chi connectivity index (χ1v) is 9.57. The minimum atomic E-state index is -0.216. The maximum Gasteiger partial charge on any atom is 0.252 e. The lowest BCUT2D eigenvalue weighted by Gasteiger charge is -2.08. The standard InChI is InChI=1S/C23H23N5O2/c1-16(2)22(29)27-7-4-8-28-23(30)21-10-20(14-26-15-21)19-9-18(12-25-13-19)17-5-3-6-24-11-17/h3,5-6,9-15H,1,4,7-8H2,2H3,(H,27,29)(H,28,30). The number of nitrogens with zero attached hydrogens (tertiary/aromatic N) is 3. The van der Waals surface area contributed by atoms with Crippen LogP contribution in [0.5, 0.6) is 0 Å². The zero-order chi connectivity index (χ0) is 21.3. The Morgan fingerprint density at radius 1 is 0.867 bits per heavy atom. The van der Waals surface area contributed by atoms with Gasteiger partial charge >= 0.3 is 0 Å². The molecule has 30 heavy (non-hydrogen) atoms. The topological polar surface area (TPSA) is 96.9 Å². The number of nitrogens with one attached hydrogen (secondary N) is 2. The molecular formula is C23H23N5O2. The largest absolute Gasteiger partial charge is 0.352 e. The number of amides is 2. The van der Waals surface area contributed by atoms with E-state index in [2.05, 4.69) is 32.2 Å². The third-order valence-corrected chi connectivity index (χ3v) is 4.38. The van der Waals surface area contributed by atoms with Gasteiger partial charge in [-0.1, -0.05) is 12.6 Å². The quantitative estimate of drug-likeness (QED) is 0.447. The van der Waals surface area contributed by atoms with Crippen LogP contribution >= 0.6 is 0 Å². The first-order valence-electron chi connectivity index (χ1n) is 9.57. The summed E-state index contributed by atoms with van der Waals surface area (Å²) >= 11 is 0. The molecule has 2 N–H and O–H groups in total. The highest BCUT2D eigenvalue weighted by molar-refractivity contribution is 5.95. The van der Waals surface area contributed by atoms with Crippen LogP contribution in [0.4, 0.5) is 0 Å². The molecule has 0 atom stereocenters. The third-order valence-electron chi connectivity index (χ3n) is 4.38. The Kier molecular flexibility index (Phi) is 7.00. The molecule has 3 rings (SSSR count). The molecule has 0 aliphatic rings. The summed E-state index contributed by atoms with van der Waals surface area (Å²) < 4.78 is 0. The van der Waals surface area contributed by atoms with Gasteiger partial charge in [-0.15, -0.1) is 0 Å². The third kappa shape index (κ3) is 5.57. The molecule has 0 fully saturated rings. The van der Waals surface area contributed by atoms with Crippen molar-refractivity contribution in [1.29, 1.82) is 0 Å². The van der Waals surface area contributed by atoms with Gasteiger partial charge in [-0.2, -0.15) is 0 Å². The molecular weight excluding hydrogens is 378 g/mol. The Morgan fingerprint density at radius 2 is 1.50 bits per heavy atom. The molecule has 0 aliphatic heterocycles. The Morgan fingerprint density at radius 3 is 2.20 bits per heavy atom. The number of hydrogen-bond acceptors (Lipinski definition) is 5. The van der Waals surface area contributed by atoms with Crippen molar-refractivity contribution in [2.45, 2.75) is 13.3 Å². The summed E-state index contributed by atoms with van der Waals surface area (Å²) in [7, 11) is 0. The van der Waals surface area contributed by atoms with E-state index in [1.165, 1.54) is 6.20 Å². The fourth-order valence-electron chi connectivity index (χ4n) is 2.76. The van der Waals surface area contributed by atoms with E-state index in [1.54, 1.807) is 44.0 Å². The van der Waals surface area contributed by atoms with E-state index in [0.717, 1.165) is 22.3 Å². The minimum absolute atomic E-state index is 0.180. The molecule has 3 aromatic heterocycles. The number of carbonyl (C=O) groups excluding carboxylic acids is 2. The van der Waals surface area contributed by atoms with Crippen molar-refractivity contribution in [1.82, 2.24) is 25.6 Å². The number of aromatic nitrogens is 3. The molecule has 0 aromatic carbocycles. The van der Waals surface area contributed by atoms with E-state index >= 15 is 0 Å². The van der Waals surface area contributed by atoms with Gasteiger partial charge < -0.3 is 10.6 Å². The van der Waals surface area contributed by atoms with Crippen LogP contribution in [0.25, 0.3) is 22.3 Å². The van der Waals surface area contributed by atoms with E-state index in [0.29, 0.717) is 30.6 Å². The van der Waals surface area contributed by atoms with Crippen LogP contribution < -0.4 is 10.6 Å². The van der Waals surface area contributed by atoms with Gasteiger partial charge in [-0.25, -0.2) is 0 Å². The molecule has 0 unspecified atom stereocenters. The highest BCUT2D eigenvalue weighted by atomic mass is 16.2. The Balaban J connectivity index is 1.63. The Hall–Kier alpha value is -3.87. The second-order valence-corrected chi connectivity index (χ2v) is 6.81. The number of carbonyl (C=O) groups is 2. The molecule has 0 radical (unpaired) electrons. The van der Waals surface area contributed by atoms with E-state index in [-0.39, 0.29) is 11.8 Å². The average Bonchev–Trinajstić information content (AvgIpc) is 2.79. The van der Waals surface area contributed by atoms with Crippen molar-refractivity contribution in [2.75, 3.05) is 13.1 Å². The summed E-state index contributed by atoms with van der Waals surface area (Å²) in [4.78, 5) is 36.5. The lowest BCUT2D eigenvalue weighted by atomic mass is 10.0. The summed E-state index contributed by atoms with van der Waals surface area (Å²) in [6.07, 6.45) is 10.9. The molecule has 152 valence electrons. The fourth-order valence-corrected chi connectivity index (χ4v) is 2.76. The average molecular weight is 401 g/mol. The fraction of sp³-hybridized carbons (Fsp3) is 0.174. The van der Waals surface area contributed by atoms with E-state index in [9.17, 15) is 9.59 Å². The second-order valence-electron chi connectivity index (χ2n) is 6.81. The summed E-state index contributed by atoms with van der Waals surface area (Å²) in [5.74, 6) is -0.396. The molecule has 7 nitrogen and oxygen atoms in total. The molecule has 2 amide bonds. The van der Waals surface area contributed by atoms with Crippen molar-refractivity contribution in [3.63, 3.8) is 0 Å². The minimum Gasteiger partial charge on any atom is -0.352 e. The van der Waals surface area contributed by atoms with Crippen LogP contribution in [-0.2, 0) is 4.79 Å². The van der Waals surface area contributed by atoms with Crippen LogP contribution in [0, 0.1) is 0 Å². The summed E-state index contributed by atoms with van der Waals surface area (Å²) in [6, 6.07) is 7.62. The number of pyridine rings is 3. The zero-order valence-electron chi connectivity index (χ0n) is 16.8. The summed E-state index contributed by atoms with van der Waals surface area (Å²) in [5, 5.41) is 5.57. The van der Waals surface area contributed by atoms with E-state index in [1.807, 2.05) is 18.2 Å². The predicted molar refractivity (Wildman–Crippen MR) is 115 cm³/mol. The number of rotatable bonds is 8. The SMILES string of the molecule is C=C(C)C(=O)NCCCNC(=O)c1cncc(-c2cncc(-c3cccnc3)c2)c1. The Labute approximate surface area is 175 Å². The van der Waals surface area contributed by atoms with Crippen molar-refractivity contribution < 1.29 is 9.59 Å². The van der Waals surface area contributed by atoms with Gasteiger partial charge in [-0.05, 0) is 31.5 Å². The molecule has 3 aromatic rings. The molecule has 3 heterocycles. The molecule has 7 heteroatoms. The van der Waals surface area contributed by atoms with Crippen LogP contribution in [0.15, 0.2) is 73.6 Å². The first-order chi connectivity index (χ1) is 14.5. The molecule has 0 bridgehead atoms. The number of hydrogen-bond donors (Lipinski definition) is 2. The monoisotopic (exact) mass is 401 g/mol. The zero-order valence-corrected chi connectivity index (χ0v) is 16.8. The summed E-state index contributed by atoms with van der Waals surface area (Å²) in [5.41, 5.74) is 4.49. The maximum absolute atomic E-state index is 12.4. The van der Waals surface area contributed by atoms with Crippen LogP contribution in [0.2, 0.25) is 0 Å². The summed E-state index contributed by atoms with van der Waals surface area (Å²) in [6.45, 7) is 6.14. The van der Waals surface area contributed by atoms with Gasteiger partial charge in [-0.3, -0.25) is 24.5 Å². The van der Waals surface area contributed by atoms with Crippen molar-refractivity contribution >= 4 is 11.8 Å². The van der Waals surface area contributed by atoms with Crippen LogP contribution in [0.3, 0.4) is 0 Å². The van der Waals surface area contributed by atoms with Crippen LogP contribution in [-0.4, -0.2) is 39.9 Å². The Bertz CT molecular complexity index is 1050. The molecule has 0 spiro atoms. The van der Waals surface area contributed by atoms with Crippen molar-refractivity contribution in [3.05, 3.63) is 79.2 Å². The molecule has 0 saturated heterocycles. The van der Waals surface area contributed by atoms with E-state index in [4.69, 9.17) is 0 Å². The smallest absolute Gasteiger partial charge is 0.252 e. The highest BCUT2D eigenvalue weighted by Crippen LogP contribution is 2.24. The lowest BCUT2D eigenvalue weighted by Crippen LogP contribution is -2.30. The van der Waals surface area contributed by atoms with Crippen molar-refractivity contribution in [2.24, 2.45) is 0 Å². The normalized spacial score (nSPS) is 10.3. The maximum atomic E-state index is 12.4. The first kappa shape index (κ1) is 20.9. The lowest BCUT2D eigenvalue weighted by molar-refractivity contribution is -0.117. The van der Waals surface area contributed by atoms with Gasteiger partial charge in [0.1, 0.15) is 0 Å². The predicted octanol–water partition coefficient (Wildman–Crippen LogP) is 3.02. The van der Waals surface area contributed by atoms with Gasteiger partial charge in [0.05, 0.1) is 5.56 Å². The second kappa shape index (κ2) is 10.1. The van der Waals surface area contributed by atoms with Crippen LogP contribution in [0.1, 0.15) is 23.7 Å². The van der Waals surface area contributed by atoms with Gasteiger partial charge in [0.25, 0.3) is 5.91 Å². The van der Waals surface area contributed by atoms with Crippen molar-refractivity contribution in [3.8, 4) is 22.3 Å². The molecule has 0 saturated carbocycles. The molecule has 0 aliphatic carbocycles.